The maximum Gasteiger partial charge on any atom is 0.146 e. The largest absolute Gasteiger partial charge is 0.354 e. The molecule has 1 saturated heterocycles. The first kappa shape index (κ1) is 22.9. The monoisotopic (exact) mass is 456 g/mol. The molecule has 0 radical (unpaired) electrons. The number of nitrogens with one attached hydrogen (secondary N) is 1. The molecular formula is C29H36N4O. The topological polar surface area (TPSA) is 53.9 Å². The number of H-pyrrole nitrogens is 1. The minimum Gasteiger partial charge on any atom is -0.354 e. The van der Waals surface area contributed by atoms with Gasteiger partial charge >= 0.3 is 0 Å². The molecule has 34 heavy (non-hydrogen) atoms. The zero-order valence-corrected chi connectivity index (χ0v) is 21.1. The number of aromatic amines is 1. The lowest BCUT2D eigenvalue weighted by atomic mass is 9.87. The van der Waals surface area contributed by atoms with E-state index >= 15 is 0 Å². The number of ketones is 1. The molecule has 4 aromatic rings. The first-order valence-corrected chi connectivity index (χ1v) is 12.7. The zero-order chi connectivity index (χ0) is 24.0. The predicted molar refractivity (Wildman–Crippen MR) is 141 cm³/mol. The van der Waals surface area contributed by atoms with E-state index in [0.29, 0.717) is 30.6 Å². The van der Waals surface area contributed by atoms with Crippen LogP contribution in [-0.4, -0.2) is 45.1 Å². The molecule has 0 saturated carbocycles. The smallest absolute Gasteiger partial charge is 0.146 e. The van der Waals surface area contributed by atoms with Crippen LogP contribution in [0.1, 0.15) is 68.6 Å². The lowest BCUT2D eigenvalue weighted by molar-refractivity contribution is -0.120. The number of aryl methyl sites for hydroxylation is 2. The van der Waals surface area contributed by atoms with Crippen LogP contribution in [-0.2, 0) is 11.8 Å². The molecule has 5 heteroatoms. The lowest BCUT2D eigenvalue weighted by Crippen LogP contribution is -2.36. The standard InChI is InChI=1S/C29H36N4O/c1-6-22(34)17-33-13-11-20(12-14-33)21-7-9-26-24(15-21)28(18(2)3)29(31-26)23-8-10-27-25(19(23)4)16-30-32(27)5/h7-10,15-16,18,20,31H,6,11-14,17H2,1-5H3. The summed E-state index contributed by atoms with van der Waals surface area (Å²) in [5, 5.41) is 7.02. The molecule has 5 nitrogen and oxygen atoms in total. The van der Waals surface area contributed by atoms with Crippen molar-refractivity contribution in [1.29, 1.82) is 0 Å². The second kappa shape index (κ2) is 9.03. The van der Waals surface area contributed by atoms with Crippen molar-refractivity contribution in [2.24, 2.45) is 7.05 Å². The number of nitrogens with zero attached hydrogens (tertiary/aromatic N) is 3. The van der Waals surface area contributed by atoms with Crippen LogP contribution < -0.4 is 0 Å². The van der Waals surface area contributed by atoms with Crippen LogP contribution in [0.2, 0.25) is 0 Å². The van der Waals surface area contributed by atoms with Crippen LogP contribution in [0.15, 0.2) is 36.5 Å². The number of carbonyl (C=O) groups is 1. The van der Waals surface area contributed by atoms with E-state index in [2.05, 4.69) is 66.1 Å². The number of Topliss-reactive ketones (excluding diaryl/α,β-unsaturated/α-hetero) is 1. The van der Waals surface area contributed by atoms with E-state index in [1.807, 2.05) is 24.9 Å². The molecule has 2 aromatic heterocycles. The van der Waals surface area contributed by atoms with Crippen LogP contribution in [0.25, 0.3) is 33.1 Å². The molecule has 0 bridgehead atoms. The van der Waals surface area contributed by atoms with Crippen molar-refractivity contribution in [3.63, 3.8) is 0 Å². The molecule has 0 unspecified atom stereocenters. The Hall–Kier alpha value is -2.92. The first-order chi connectivity index (χ1) is 16.4. The molecule has 5 rings (SSSR count). The second-order valence-corrected chi connectivity index (χ2v) is 10.3. The van der Waals surface area contributed by atoms with E-state index in [9.17, 15) is 4.79 Å². The summed E-state index contributed by atoms with van der Waals surface area (Å²) < 4.78 is 1.94. The summed E-state index contributed by atoms with van der Waals surface area (Å²) in [5.41, 5.74) is 8.97. The van der Waals surface area contributed by atoms with E-state index in [1.54, 1.807) is 0 Å². The van der Waals surface area contributed by atoms with Crippen molar-refractivity contribution >= 4 is 27.6 Å². The van der Waals surface area contributed by atoms with Crippen molar-refractivity contribution in [2.45, 2.75) is 58.8 Å². The number of piperidine rings is 1. The van der Waals surface area contributed by atoms with Crippen molar-refractivity contribution in [2.75, 3.05) is 19.6 Å². The van der Waals surface area contributed by atoms with Crippen molar-refractivity contribution < 1.29 is 4.79 Å². The van der Waals surface area contributed by atoms with Gasteiger partial charge in [-0.3, -0.25) is 14.4 Å². The van der Waals surface area contributed by atoms with Crippen molar-refractivity contribution in [3.8, 4) is 11.3 Å². The summed E-state index contributed by atoms with van der Waals surface area (Å²) in [6.07, 6.45) is 4.85. The van der Waals surface area contributed by atoms with Crippen LogP contribution >= 0.6 is 0 Å². The van der Waals surface area contributed by atoms with E-state index < -0.39 is 0 Å². The Morgan fingerprint density at radius 2 is 1.91 bits per heavy atom. The van der Waals surface area contributed by atoms with Crippen molar-refractivity contribution in [1.82, 2.24) is 19.7 Å². The number of aromatic nitrogens is 3. The zero-order valence-electron chi connectivity index (χ0n) is 21.1. The molecule has 1 N–H and O–H groups in total. The fourth-order valence-electron chi connectivity index (χ4n) is 5.72. The molecule has 0 amide bonds. The molecule has 0 atom stereocenters. The Labute approximate surface area is 202 Å². The second-order valence-electron chi connectivity index (χ2n) is 10.3. The van der Waals surface area contributed by atoms with E-state index in [1.165, 1.54) is 44.2 Å². The molecule has 1 fully saturated rings. The highest BCUT2D eigenvalue weighted by Crippen LogP contribution is 2.40. The van der Waals surface area contributed by atoms with Crippen molar-refractivity contribution in [3.05, 3.63) is 53.2 Å². The predicted octanol–water partition coefficient (Wildman–Crippen LogP) is 6.31. The van der Waals surface area contributed by atoms with Gasteiger partial charge in [0.25, 0.3) is 0 Å². The maximum absolute atomic E-state index is 11.8. The van der Waals surface area contributed by atoms with Gasteiger partial charge in [-0.25, -0.2) is 0 Å². The molecule has 2 aromatic carbocycles. The SMILES string of the molecule is CCC(=O)CN1CCC(c2ccc3[nH]c(-c4ccc5c(cnn5C)c4C)c(C(C)C)c3c2)CC1. The number of carbonyl (C=O) groups excluding carboxylic acids is 1. The first-order valence-electron chi connectivity index (χ1n) is 12.7. The average molecular weight is 457 g/mol. The Kier molecular flexibility index (Phi) is 6.07. The molecule has 3 heterocycles. The summed E-state index contributed by atoms with van der Waals surface area (Å²) in [4.78, 5) is 17.9. The van der Waals surface area contributed by atoms with Gasteiger partial charge in [-0.15, -0.1) is 0 Å². The van der Waals surface area contributed by atoms with Gasteiger partial charge in [0.1, 0.15) is 5.78 Å². The van der Waals surface area contributed by atoms with Gasteiger partial charge < -0.3 is 4.98 Å². The molecular weight excluding hydrogens is 420 g/mol. The Bertz CT molecular complexity index is 1350. The summed E-state index contributed by atoms with van der Waals surface area (Å²) in [5.74, 6) is 1.31. The number of rotatable bonds is 6. The summed E-state index contributed by atoms with van der Waals surface area (Å²) in [6.45, 7) is 11.4. The minimum absolute atomic E-state index is 0.348. The summed E-state index contributed by atoms with van der Waals surface area (Å²) in [7, 11) is 2.00. The average Bonchev–Trinajstić information content (AvgIpc) is 3.40. The fraction of sp³-hybridized carbons (Fsp3) is 0.448. The van der Waals surface area contributed by atoms with Gasteiger partial charge in [-0.05, 0) is 79.6 Å². The number of fused-ring (bicyclic) bond motifs is 2. The highest BCUT2D eigenvalue weighted by Gasteiger charge is 2.24. The number of hydrogen-bond donors (Lipinski definition) is 1. The van der Waals surface area contributed by atoms with Gasteiger partial charge in [-0.2, -0.15) is 5.10 Å². The normalized spacial score (nSPS) is 15.7. The lowest BCUT2D eigenvalue weighted by Gasteiger charge is -2.31. The van der Waals surface area contributed by atoms with Gasteiger partial charge in [0, 0.05) is 35.3 Å². The van der Waals surface area contributed by atoms with Gasteiger partial charge in [0.05, 0.1) is 24.0 Å². The fourth-order valence-corrected chi connectivity index (χ4v) is 5.72. The third-order valence-electron chi connectivity index (χ3n) is 7.76. The highest BCUT2D eigenvalue weighted by atomic mass is 16.1. The molecule has 0 aliphatic carbocycles. The Balaban J connectivity index is 1.50. The van der Waals surface area contributed by atoms with Gasteiger partial charge in [0.2, 0.25) is 0 Å². The molecule has 1 aliphatic heterocycles. The number of benzene rings is 2. The quantitative estimate of drug-likeness (QED) is 0.370. The Morgan fingerprint density at radius 3 is 2.62 bits per heavy atom. The van der Waals surface area contributed by atoms with E-state index in [0.717, 1.165) is 31.4 Å². The van der Waals surface area contributed by atoms with Crippen LogP contribution in [0.4, 0.5) is 0 Å². The van der Waals surface area contributed by atoms with Crippen LogP contribution in [0, 0.1) is 6.92 Å². The maximum atomic E-state index is 11.8. The molecule has 1 aliphatic rings. The number of likely N-dealkylation sites (tertiary alicyclic amines) is 1. The van der Waals surface area contributed by atoms with Crippen LogP contribution in [0.5, 0.6) is 0 Å². The summed E-state index contributed by atoms with van der Waals surface area (Å²) in [6, 6.07) is 11.4. The highest BCUT2D eigenvalue weighted by molar-refractivity contribution is 5.96. The van der Waals surface area contributed by atoms with E-state index in [4.69, 9.17) is 0 Å². The number of hydrogen-bond acceptors (Lipinski definition) is 3. The van der Waals surface area contributed by atoms with Gasteiger partial charge in [0.15, 0.2) is 0 Å². The third-order valence-corrected chi connectivity index (χ3v) is 7.76. The Morgan fingerprint density at radius 1 is 1.15 bits per heavy atom. The molecule has 178 valence electrons. The van der Waals surface area contributed by atoms with E-state index in [-0.39, 0.29) is 0 Å². The minimum atomic E-state index is 0.348. The van der Waals surface area contributed by atoms with Crippen LogP contribution in [0.3, 0.4) is 0 Å². The third kappa shape index (κ3) is 3.96. The van der Waals surface area contributed by atoms with Gasteiger partial charge in [-0.1, -0.05) is 32.9 Å². The summed E-state index contributed by atoms with van der Waals surface area (Å²) >= 11 is 0. The molecule has 0 spiro atoms.